The van der Waals surface area contributed by atoms with Gasteiger partial charge in [0.1, 0.15) is 11.5 Å². The SMILES string of the molecule is COc1ccc(C(=O)/N=c2\sc(C(C)(C)C)c(C)n2C)c(OC)c1. The van der Waals surface area contributed by atoms with Gasteiger partial charge in [-0.25, -0.2) is 0 Å². The van der Waals surface area contributed by atoms with Crippen LogP contribution in [0.4, 0.5) is 0 Å². The molecule has 130 valence electrons. The van der Waals surface area contributed by atoms with Crippen molar-refractivity contribution in [1.29, 1.82) is 0 Å². The molecule has 2 rings (SSSR count). The Morgan fingerprint density at radius 3 is 2.38 bits per heavy atom. The lowest BCUT2D eigenvalue weighted by Crippen LogP contribution is -2.15. The number of nitrogens with zero attached hydrogens (tertiary/aromatic N) is 2. The molecule has 0 fully saturated rings. The summed E-state index contributed by atoms with van der Waals surface area (Å²) in [7, 11) is 5.03. The first-order valence-electron chi connectivity index (χ1n) is 7.67. The van der Waals surface area contributed by atoms with E-state index in [4.69, 9.17) is 9.47 Å². The lowest BCUT2D eigenvalue weighted by atomic mass is 9.93. The van der Waals surface area contributed by atoms with Crippen LogP contribution in [0, 0.1) is 6.92 Å². The van der Waals surface area contributed by atoms with Crippen LogP contribution in [0.3, 0.4) is 0 Å². The number of hydrogen-bond donors (Lipinski definition) is 0. The molecule has 0 N–H and O–H groups in total. The molecule has 1 aromatic heterocycles. The Morgan fingerprint density at radius 2 is 1.88 bits per heavy atom. The highest BCUT2D eigenvalue weighted by Gasteiger charge is 2.21. The van der Waals surface area contributed by atoms with Gasteiger partial charge in [-0.05, 0) is 24.5 Å². The Bertz CT molecular complexity index is 826. The highest BCUT2D eigenvalue weighted by molar-refractivity contribution is 7.09. The number of ether oxygens (including phenoxy) is 2. The number of aromatic nitrogens is 1. The van der Waals surface area contributed by atoms with E-state index in [1.165, 1.54) is 12.0 Å². The second-order valence-electron chi connectivity index (χ2n) is 6.59. The van der Waals surface area contributed by atoms with Gasteiger partial charge in [0.25, 0.3) is 5.91 Å². The highest BCUT2D eigenvalue weighted by atomic mass is 32.1. The van der Waals surface area contributed by atoms with Gasteiger partial charge < -0.3 is 14.0 Å². The average molecular weight is 348 g/mol. The molecule has 0 aliphatic rings. The van der Waals surface area contributed by atoms with Crippen molar-refractivity contribution in [3.05, 3.63) is 39.1 Å². The van der Waals surface area contributed by atoms with E-state index in [2.05, 4.69) is 32.7 Å². The summed E-state index contributed by atoms with van der Waals surface area (Å²) in [5.74, 6) is 0.762. The number of carbonyl (C=O) groups is 1. The second kappa shape index (κ2) is 6.81. The number of hydrogen-bond acceptors (Lipinski definition) is 4. The van der Waals surface area contributed by atoms with Crippen LogP contribution in [0.15, 0.2) is 23.2 Å². The third-order valence-corrected chi connectivity index (χ3v) is 5.49. The molecule has 0 atom stereocenters. The molecule has 0 saturated heterocycles. The summed E-state index contributed by atoms with van der Waals surface area (Å²) < 4.78 is 12.4. The number of amides is 1. The largest absolute Gasteiger partial charge is 0.497 e. The van der Waals surface area contributed by atoms with Crippen molar-refractivity contribution in [2.24, 2.45) is 12.0 Å². The molecule has 0 aliphatic heterocycles. The van der Waals surface area contributed by atoms with Crippen LogP contribution in [0.2, 0.25) is 0 Å². The maximum Gasteiger partial charge on any atom is 0.283 e. The fraction of sp³-hybridized carbons (Fsp3) is 0.444. The third-order valence-electron chi connectivity index (χ3n) is 3.83. The van der Waals surface area contributed by atoms with Gasteiger partial charge in [-0.3, -0.25) is 4.79 Å². The third kappa shape index (κ3) is 3.53. The minimum atomic E-state index is -0.327. The predicted molar refractivity (Wildman–Crippen MR) is 96.2 cm³/mol. The molecule has 0 bridgehead atoms. The van der Waals surface area contributed by atoms with Crippen LogP contribution < -0.4 is 14.3 Å². The summed E-state index contributed by atoms with van der Waals surface area (Å²) in [6, 6.07) is 5.09. The van der Waals surface area contributed by atoms with Crippen LogP contribution in [-0.2, 0) is 12.5 Å². The van der Waals surface area contributed by atoms with Crippen molar-refractivity contribution in [2.75, 3.05) is 14.2 Å². The number of methoxy groups -OCH3 is 2. The lowest BCUT2D eigenvalue weighted by Gasteiger charge is -2.17. The summed E-state index contributed by atoms with van der Waals surface area (Å²) in [6.07, 6.45) is 0. The summed E-state index contributed by atoms with van der Waals surface area (Å²) in [4.78, 5) is 18.8. The lowest BCUT2D eigenvalue weighted by molar-refractivity contribution is 0.0995. The maximum atomic E-state index is 12.6. The van der Waals surface area contributed by atoms with Gasteiger partial charge >= 0.3 is 0 Å². The molecular weight excluding hydrogens is 324 g/mol. The van der Waals surface area contributed by atoms with Crippen LogP contribution in [0.1, 0.15) is 41.7 Å². The smallest absolute Gasteiger partial charge is 0.283 e. The molecule has 0 saturated carbocycles. The minimum Gasteiger partial charge on any atom is -0.497 e. The zero-order chi connectivity index (χ0) is 18.1. The van der Waals surface area contributed by atoms with Gasteiger partial charge in [0.2, 0.25) is 0 Å². The Hall–Kier alpha value is -2.08. The zero-order valence-corrected chi connectivity index (χ0v) is 16.1. The Balaban J connectivity index is 2.51. The molecule has 1 amide bonds. The molecule has 1 aromatic carbocycles. The molecule has 24 heavy (non-hydrogen) atoms. The van der Waals surface area contributed by atoms with Crippen molar-refractivity contribution >= 4 is 17.2 Å². The molecule has 2 aromatic rings. The van der Waals surface area contributed by atoms with Crippen molar-refractivity contribution in [3.63, 3.8) is 0 Å². The first-order chi connectivity index (χ1) is 11.2. The van der Waals surface area contributed by atoms with E-state index in [0.717, 1.165) is 5.69 Å². The molecule has 0 unspecified atom stereocenters. The van der Waals surface area contributed by atoms with Gasteiger partial charge in [-0.1, -0.05) is 20.8 Å². The van der Waals surface area contributed by atoms with E-state index in [0.29, 0.717) is 21.9 Å². The number of thiazole rings is 1. The second-order valence-corrected chi connectivity index (χ2v) is 7.57. The highest BCUT2D eigenvalue weighted by Crippen LogP contribution is 2.28. The first kappa shape index (κ1) is 18.3. The van der Waals surface area contributed by atoms with Crippen molar-refractivity contribution in [3.8, 4) is 11.5 Å². The normalized spacial score (nSPS) is 12.4. The summed E-state index contributed by atoms with van der Waals surface area (Å²) in [5.41, 5.74) is 1.56. The fourth-order valence-corrected chi connectivity index (χ4v) is 3.62. The zero-order valence-electron chi connectivity index (χ0n) is 15.3. The van der Waals surface area contributed by atoms with Crippen molar-refractivity contribution in [2.45, 2.75) is 33.1 Å². The topological polar surface area (TPSA) is 52.8 Å². The van der Waals surface area contributed by atoms with Gasteiger partial charge in [-0.15, -0.1) is 11.3 Å². The first-order valence-corrected chi connectivity index (χ1v) is 8.48. The van der Waals surface area contributed by atoms with Crippen molar-refractivity contribution in [1.82, 2.24) is 4.57 Å². The van der Waals surface area contributed by atoms with Crippen LogP contribution in [-0.4, -0.2) is 24.7 Å². The monoisotopic (exact) mass is 348 g/mol. The molecule has 5 nitrogen and oxygen atoms in total. The Morgan fingerprint density at radius 1 is 1.21 bits per heavy atom. The predicted octanol–water partition coefficient (Wildman–Crippen LogP) is 3.45. The number of benzene rings is 1. The molecule has 0 aliphatic carbocycles. The van der Waals surface area contributed by atoms with Gasteiger partial charge in [-0.2, -0.15) is 4.99 Å². The molecule has 0 radical (unpaired) electrons. The van der Waals surface area contributed by atoms with E-state index >= 15 is 0 Å². The summed E-state index contributed by atoms with van der Waals surface area (Å²) in [6.45, 7) is 8.52. The van der Waals surface area contributed by atoms with Crippen LogP contribution in [0.5, 0.6) is 11.5 Å². The van der Waals surface area contributed by atoms with Crippen molar-refractivity contribution < 1.29 is 14.3 Å². The van der Waals surface area contributed by atoms with Crippen LogP contribution >= 0.6 is 11.3 Å². The quantitative estimate of drug-likeness (QED) is 0.854. The Kier molecular flexibility index (Phi) is 5.18. The fourth-order valence-electron chi connectivity index (χ4n) is 2.45. The Labute approximate surface area is 146 Å². The van der Waals surface area contributed by atoms with Gasteiger partial charge in [0.05, 0.1) is 19.8 Å². The van der Waals surface area contributed by atoms with E-state index in [-0.39, 0.29) is 11.3 Å². The van der Waals surface area contributed by atoms with Gasteiger partial charge in [0.15, 0.2) is 4.80 Å². The maximum absolute atomic E-state index is 12.6. The standard InChI is InChI=1S/C18H24N2O3S/c1-11-15(18(2,3)4)24-17(20(11)5)19-16(21)13-9-8-12(22-6)10-14(13)23-7/h8-10H,1-7H3/b19-17-. The number of carbonyl (C=O) groups excluding carboxylic acids is 1. The van der Waals surface area contributed by atoms with E-state index in [1.807, 2.05) is 11.6 Å². The average Bonchev–Trinajstić information content (AvgIpc) is 2.82. The number of rotatable bonds is 3. The van der Waals surface area contributed by atoms with E-state index in [9.17, 15) is 4.79 Å². The molecular formula is C18H24N2O3S. The summed E-state index contributed by atoms with van der Waals surface area (Å²) >= 11 is 1.55. The van der Waals surface area contributed by atoms with E-state index < -0.39 is 0 Å². The molecule has 0 spiro atoms. The van der Waals surface area contributed by atoms with Crippen LogP contribution in [0.25, 0.3) is 0 Å². The minimum absolute atomic E-state index is 0.0150. The summed E-state index contributed by atoms with van der Waals surface area (Å²) in [5, 5.41) is 0. The molecule has 6 heteroatoms. The molecule has 1 heterocycles. The van der Waals surface area contributed by atoms with E-state index in [1.54, 1.807) is 36.6 Å². The van der Waals surface area contributed by atoms with Gasteiger partial charge in [0, 0.05) is 23.7 Å².